The van der Waals surface area contributed by atoms with Crippen molar-refractivity contribution in [3.8, 4) is 0 Å². The quantitative estimate of drug-likeness (QED) is 0.702. The van der Waals surface area contributed by atoms with Crippen molar-refractivity contribution in [2.75, 3.05) is 6.61 Å². The molecule has 1 aromatic rings. The van der Waals surface area contributed by atoms with Crippen LogP contribution in [0, 0.1) is 17.7 Å². The van der Waals surface area contributed by atoms with Crippen molar-refractivity contribution in [2.45, 2.75) is 50.5 Å². The van der Waals surface area contributed by atoms with Gasteiger partial charge < -0.3 is 4.74 Å². The molecule has 1 nitrogen and oxygen atoms in total. The Morgan fingerprint density at radius 3 is 2.52 bits per heavy atom. The molecule has 0 radical (unpaired) electrons. The largest absolute Gasteiger partial charge is 0.374 e. The molecular weight excluding hydrogens is 263 g/mol. The predicted octanol–water partition coefficient (Wildman–Crippen LogP) is 5.08. The van der Waals surface area contributed by atoms with Gasteiger partial charge in [-0.15, -0.1) is 6.58 Å². The third kappa shape index (κ3) is 3.55. The fourth-order valence-electron chi connectivity index (χ4n) is 4.24. The number of fused-ring (bicyclic) bond motifs is 1. The predicted molar refractivity (Wildman–Crippen MR) is 83.8 cm³/mol. The second-order valence-corrected chi connectivity index (χ2v) is 6.64. The minimum absolute atomic E-state index is 0.132. The van der Waals surface area contributed by atoms with E-state index >= 15 is 0 Å². The van der Waals surface area contributed by atoms with Gasteiger partial charge >= 0.3 is 0 Å². The summed E-state index contributed by atoms with van der Waals surface area (Å²) in [5.41, 5.74) is 1.32. The third-order valence-corrected chi connectivity index (χ3v) is 5.36. The Morgan fingerprint density at radius 1 is 1.05 bits per heavy atom. The highest BCUT2D eigenvalue weighted by Gasteiger charge is 2.36. The fourth-order valence-corrected chi connectivity index (χ4v) is 4.24. The van der Waals surface area contributed by atoms with E-state index in [1.54, 1.807) is 12.1 Å². The highest BCUT2D eigenvalue weighted by Crippen LogP contribution is 2.46. The van der Waals surface area contributed by atoms with Crippen LogP contribution in [0.15, 0.2) is 36.9 Å². The van der Waals surface area contributed by atoms with Crippen molar-refractivity contribution in [2.24, 2.45) is 11.8 Å². The van der Waals surface area contributed by atoms with Crippen molar-refractivity contribution in [1.29, 1.82) is 0 Å². The molecule has 2 heteroatoms. The van der Waals surface area contributed by atoms with Crippen LogP contribution in [-0.4, -0.2) is 12.7 Å². The van der Waals surface area contributed by atoms with Crippen LogP contribution in [0.1, 0.15) is 50.0 Å². The first kappa shape index (κ1) is 14.8. The van der Waals surface area contributed by atoms with Gasteiger partial charge in [-0.3, -0.25) is 0 Å². The highest BCUT2D eigenvalue weighted by molar-refractivity contribution is 5.21. The lowest BCUT2D eigenvalue weighted by molar-refractivity contribution is -0.00310. The summed E-state index contributed by atoms with van der Waals surface area (Å²) >= 11 is 0. The summed E-state index contributed by atoms with van der Waals surface area (Å²) in [7, 11) is 0. The second kappa shape index (κ2) is 6.74. The molecule has 4 unspecified atom stereocenters. The monoisotopic (exact) mass is 288 g/mol. The van der Waals surface area contributed by atoms with Crippen molar-refractivity contribution in [3.63, 3.8) is 0 Å². The number of halogens is 1. The first-order valence-corrected chi connectivity index (χ1v) is 8.24. The van der Waals surface area contributed by atoms with E-state index in [9.17, 15) is 4.39 Å². The number of hydrogen-bond donors (Lipinski definition) is 0. The maximum atomic E-state index is 13.0. The Balaban J connectivity index is 1.57. The molecule has 0 N–H and O–H groups in total. The lowest BCUT2D eigenvalue weighted by Crippen LogP contribution is -2.33. The zero-order valence-corrected chi connectivity index (χ0v) is 12.6. The average Bonchev–Trinajstić information content (AvgIpc) is 2.53. The van der Waals surface area contributed by atoms with Crippen LogP contribution in [0.25, 0.3) is 0 Å². The van der Waals surface area contributed by atoms with Crippen LogP contribution >= 0.6 is 0 Å². The maximum absolute atomic E-state index is 13.0. The summed E-state index contributed by atoms with van der Waals surface area (Å²) < 4.78 is 18.9. The highest BCUT2D eigenvalue weighted by atomic mass is 19.1. The second-order valence-electron chi connectivity index (χ2n) is 6.64. The topological polar surface area (TPSA) is 9.23 Å². The lowest BCUT2D eigenvalue weighted by Gasteiger charge is -2.42. The van der Waals surface area contributed by atoms with E-state index in [0.717, 1.165) is 11.8 Å². The summed E-state index contributed by atoms with van der Waals surface area (Å²) in [4.78, 5) is 0. The van der Waals surface area contributed by atoms with Crippen molar-refractivity contribution in [1.82, 2.24) is 0 Å². The van der Waals surface area contributed by atoms with Gasteiger partial charge in [0, 0.05) is 0 Å². The molecule has 2 aliphatic rings. The molecule has 0 amide bonds. The van der Waals surface area contributed by atoms with E-state index in [4.69, 9.17) is 4.74 Å². The molecule has 3 rings (SSSR count). The van der Waals surface area contributed by atoms with Crippen LogP contribution in [0.4, 0.5) is 4.39 Å². The minimum atomic E-state index is -0.132. The molecule has 2 fully saturated rings. The molecule has 0 saturated heterocycles. The first-order chi connectivity index (χ1) is 10.3. The molecule has 4 atom stereocenters. The molecule has 114 valence electrons. The molecule has 0 bridgehead atoms. The van der Waals surface area contributed by atoms with Crippen molar-refractivity contribution in [3.05, 3.63) is 48.3 Å². The smallest absolute Gasteiger partial charge is 0.123 e. The van der Waals surface area contributed by atoms with E-state index in [1.165, 1.54) is 44.1 Å². The molecule has 0 heterocycles. The standard InChI is InChI=1S/C19H25FO/c1-2-11-21-19-10-7-16-12-15(3-4-17(16)13-19)14-5-8-18(20)9-6-14/h2,5-6,8-9,15-17,19H,1,3-4,7,10-13H2. The molecule has 0 aromatic heterocycles. The summed E-state index contributed by atoms with van der Waals surface area (Å²) in [6.45, 7) is 4.41. The molecule has 0 spiro atoms. The van der Waals surface area contributed by atoms with E-state index in [0.29, 0.717) is 18.6 Å². The van der Waals surface area contributed by atoms with Gasteiger partial charge in [-0.1, -0.05) is 18.2 Å². The van der Waals surface area contributed by atoms with Gasteiger partial charge in [0.1, 0.15) is 5.82 Å². The van der Waals surface area contributed by atoms with E-state index in [1.807, 2.05) is 18.2 Å². The van der Waals surface area contributed by atoms with Gasteiger partial charge in [-0.2, -0.15) is 0 Å². The van der Waals surface area contributed by atoms with E-state index in [2.05, 4.69) is 6.58 Å². The Hall–Kier alpha value is -1.15. The van der Waals surface area contributed by atoms with Gasteiger partial charge in [0.05, 0.1) is 12.7 Å². The summed E-state index contributed by atoms with van der Waals surface area (Å²) in [6.07, 6.45) is 9.76. The number of benzene rings is 1. The number of hydrogen-bond acceptors (Lipinski definition) is 1. The summed E-state index contributed by atoms with van der Waals surface area (Å²) in [5.74, 6) is 2.15. The molecular formula is C19H25FO. The van der Waals surface area contributed by atoms with Crippen LogP contribution in [0.5, 0.6) is 0 Å². The Labute approximate surface area is 127 Å². The molecule has 2 aliphatic carbocycles. The molecule has 21 heavy (non-hydrogen) atoms. The maximum Gasteiger partial charge on any atom is 0.123 e. The molecule has 0 aliphatic heterocycles. The SMILES string of the molecule is C=CCOC1CCC2CC(c3ccc(F)cc3)CCC2C1. The Kier molecular flexibility index (Phi) is 4.74. The van der Waals surface area contributed by atoms with Crippen LogP contribution < -0.4 is 0 Å². The summed E-state index contributed by atoms with van der Waals surface area (Å²) in [6, 6.07) is 7.14. The normalized spacial score (nSPS) is 32.4. The van der Waals surface area contributed by atoms with Crippen LogP contribution in [0.2, 0.25) is 0 Å². The molecule has 2 saturated carbocycles. The van der Waals surface area contributed by atoms with E-state index < -0.39 is 0 Å². The minimum Gasteiger partial charge on any atom is -0.374 e. The first-order valence-electron chi connectivity index (χ1n) is 8.24. The van der Waals surface area contributed by atoms with Gasteiger partial charge in [-0.25, -0.2) is 4.39 Å². The van der Waals surface area contributed by atoms with Crippen molar-refractivity contribution < 1.29 is 9.13 Å². The van der Waals surface area contributed by atoms with Gasteiger partial charge in [0.2, 0.25) is 0 Å². The zero-order valence-electron chi connectivity index (χ0n) is 12.6. The molecule has 1 aromatic carbocycles. The number of rotatable bonds is 4. The zero-order chi connectivity index (χ0) is 14.7. The average molecular weight is 288 g/mol. The Bertz CT molecular complexity index is 467. The summed E-state index contributed by atoms with van der Waals surface area (Å²) in [5, 5.41) is 0. The Morgan fingerprint density at radius 2 is 1.76 bits per heavy atom. The third-order valence-electron chi connectivity index (χ3n) is 5.36. The van der Waals surface area contributed by atoms with Gasteiger partial charge in [0.15, 0.2) is 0 Å². The number of ether oxygens (including phenoxy) is 1. The van der Waals surface area contributed by atoms with E-state index in [-0.39, 0.29) is 5.82 Å². The lowest BCUT2D eigenvalue weighted by atomic mass is 9.65. The van der Waals surface area contributed by atoms with Crippen LogP contribution in [-0.2, 0) is 4.74 Å². The van der Waals surface area contributed by atoms with Crippen molar-refractivity contribution >= 4 is 0 Å². The van der Waals surface area contributed by atoms with Gasteiger partial charge in [0.25, 0.3) is 0 Å². The van der Waals surface area contributed by atoms with Crippen LogP contribution in [0.3, 0.4) is 0 Å². The van der Waals surface area contributed by atoms with Gasteiger partial charge in [-0.05, 0) is 74.0 Å². The fraction of sp³-hybridized carbons (Fsp3) is 0.579.